The quantitative estimate of drug-likeness (QED) is 0.511. The number of benzene rings is 1. The van der Waals surface area contributed by atoms with Crippen LogP contribution in [0.3, 0.4) is 0 Å². The fraction of sp³-hybridized carbons (Fsp3) is 0. The number of allylic oxidation sites excluding steroid dienone is 1. The van der Waals surface area contributed by atoms with Crippen LogP contribution < -0.4 is 0 Å². The summed E-state index contributed by atoms with van der Waals surface area (Å²) >= 11 is 6.18. The van der Waals surface area contributed by atoms with Gasteiger partial charge in [0.25, 0.3) is 5.69 Å². The molecule has 2 heterocycles. The summed E-state index contributed by atoms with van der Waals surface area (Å²) in [7, 11) is 0. The number of hydrogen-bond acceptors (Lipinski definition) is 7. The van der Waals surface area contributed by atoms with Crippen molar-refractivity contribution in [1.29, 1.82) is 0 Å². The molecule has 1 aromatic carbocycles. The highest BCUT2D eigenvalue weighted by Gasteiger charge is 2.17. The average Bonchev–Trinajstić information content (AvgIpc) is 3.06. The zero-order chi connectivity index (χ0) is 15.7. The van der Waals surface area contributed by atoms with Crippen molar-refractivity contribution in [2.45, 2.75) is 0 Å². The van der Waals surface area contributed by atoms with E-state index in [1.807, 2.05) is 0 Å². The first-order valence-corrected chi connectivity index (χ1v) is 7.27. The Morgan fingerprint density at radius 2 is 2.27 bits per heavy atom. The van der Waals surface area contributed by atoms with Crippen molar-refractivity contribution in [2.75, 3.05) is 0 Å². The van der Waals surface area contributed by atoms with Crippen LogP contribution in [0, 0.1) is 14.1 Å². The number of thiazole rings is 1. The summed E-state index contributed by atoms with van der Waals surface area (Å²) in [6.07, 6.45) is 3.21. The Morgan fingerprint density at radius 3 is 2.95 bits per heavy atom. The molecule has 0 fully saturated rings. The van der Waals surface area contributed by atoms with Gasteiger partial charge in [-0.3, -0.25) is 10.1 Å². The molecule has 0 aliphatic carbocycles. The van der Waals surface area contributed by atoms with Crippen LogP contribution >= 0.6 is 23.6 Å². The van der Waals surface area contributed by atoms with Crippen LogP contribution in [-0.2, 0) is 0 Å². The topological polar surface area (TPSA) is 104 Å². The van der Waals surface area contributed by atoms with Gasteiger partial charge in [-0.2, -0.15) is 5.10 Å². The van der Waals surface area contributed by atoms with Crippen molar-refractivity contribution in [3.63, 3.8) is 0 Å². The second-order valence-corrected chi connectivity index (χ2v) is 6.05. The molecule has 3 rings (SSSR count). The van der Waals surface area contributed by atoms with Gasteiger partial charge in [0.1, 0.15) is 5.71 Å². The molecule has 0 bridgehead atoms. The number of aromatic amines is 1. The van der Waals surface area contributed by atoms with Gasteiger partial charge in [-0.05, 0) is 18.3 Å². The molecule has 9 heteroatoms. The number of nitrogens with one attached hydrogen (secondary N) is 1. The maximum atomic E-state index is 10.9. The van der Waals surface area contributed by atoms with Crippen molar-refractivity contribution in [2.24, 2.45) is 10.2 Å². The van der Waals surface area contributed by atoms with Crippen molar-refractivity contribution in [3.8, 4) is 5.88 Å². The van der Waals surface area contributed by atoms with Crippen LogP contribution in [0.15, 0.2) is 40.0 Å². The molecule has 0 saturated carbocycles. The third-order valence-electron chi connectivity index (χ3n) is 2.90. The van der Waals surface area contributed by atoms with E-state index in [0.29, 0.717) is 25.7 Å². The molecule has 0 amide bonds. The highest BCUT2D eigenvalue weighted by molar-refractivity contribution is 7.73. The van der Waals surface area contributed by atoms with Gasteiger partial charge in [0, 0.05) is 23.3 Å². The van der Waals surface area contributed by atoms with Gasteiger partial charge in [0.05, 0.1) is 16.0 Å². The van der Waals surface area contributed by atoms with Crippen molar-refractivity contribution >= 4 is 47.2 Å². The van der Waals surface area contributed by atoms with Crippen molar-refractivity contribution in [3.05, 3.63) is 54.3 Å². The highest BCUT2D eigenvalue weighted by Crippen LogP contribution is 2.26. The summed E-state index contributed by atoms with van der Waals surface area (Å²) in [5, 5.41) is 28.4. The number of nitro groups is 1. The maximum absolute atomic E-state index is 10.9. The highest BCUT2D eigenvalue weighted by atomic mass is 32.1. The third-order valence-corrected chi connectivity index (χ3v) is 4.07. The molecule has 1 aromatic heterocycles. The lowest BCUT2D eigenvalue weighted by molar-refractivity contribution is -0.384. The molecule has 1 aliphatic rings. The maximum Gasteiger partial charge on any atom is 0.270 e. The van der Waals surface area contributed by atoms with E-state index < -0.39 is 4.92 Å². The van der Waals surface area contributed by atoms with E-state index in [-0.39, 0.29) is 11.6 Å². The molecule has 0 unspecified atom stereocenters. The lowest BCUT2D eigenvalue weighted by Gasteiger charge is -2.02. The number of hydrogen-bond donors (Lipinski definition) is 2. The lowest BCUT2D eigenvalue weighted by Crippen LogP contribution is -2.03. The number of aromatic nitrogens is 1. The number of nitro benzene ring substituents is 1. The van der Waals surface area contributed by atoms with E-state index in [1.54, 1.807) is 18.2 Å². The molecule has 2 aromatic rings. The fourth-order valence-corrected chi connectivity index (χ4v) is 2.98. The van der Waals surface area contributed by atoms with E-state index in [0.717, 1.165) is 0 Å². The van der Waals surface area contributed by atoms with Crippen LogP contribution in [0.25, 0.3) is 6.08 Å². The molecule has 110 valence electrons. The predicted octanol–water partition coefficient (Wildman–Crippen LogP) is 3.29. The largest absolute Gasteiger partial charge is 0.494 e. The summed E-state index contributed by atoms with van der Waals surface area (Å²) in [6.45, 7) is 0. The zero-order valence-corrected chi connectivity index (χ0v) is 12.5. The van der Waals surface area contributed by atoms with E-state index in [9.17, 15) is 15.2 Å². The Labute approximate surface area is 133 Å². The van der Waals surface area contributed by atoms with Crippen LogP contribution in [0.4, 0.5) is 5.69 Å². The van der Waals surface area contributed by atoms with Crippen molar-refractivity contribution < 1.29 is 10.0 Å². The Bertz CT molecular complexity index is 908. The summed E-state index contributed by atoms with van der Waals surface area (Å²) in [6, 6.07) is 6.14. The van der Waals surface area contributed by atoms with E-state index in [4.69, 9.17) is 12.2 Å². The average molecular weight is 332 g/mol. The first kappa shape index (κ1) is 14.3. The molecular weight excluding hydrogens is 324 g/mol. The normalized spacial score (nSPS) is 15.3. The number of nitrogens with zero attached hydrogens (tertiary/aromatic N) is 3. The minimum atomic E-state index is -0.465. The molecule has 0 saturated heterocycles. The smallest absolute Gasteiger partial charge is 0.270 e. The van der Waals surface area contributed by atoms with Gasteiger partial charge < -0.3 is 10.1 Å². The zero-order valence-electron chi connectivity index (χ0n) is 10.9. The van der Waals surface area contributed by atoms with Gasteiger partial charge in [-0.1, -0.05) is 12.1 Å². The Kier molecular flexibility index (Phi) is 3.65. The van der Waals surface area contributed by atoms with E-state index in [1.165, 1.54) is 29.7 Å². The molecule has 7 nitrogen and oxygen atoms in total. The SMILES string of the molecule is O=[N+]([O-])c1cccc(C2=NN=C/C2=C\c2sc(=S)[nH]c2O)c1. The minimum Gasteiger partial charge on any atom is -0.494 e. The summed E-state index contributed by atoms with van der Waals surface area (Å²) in [5.74, 6) is -0.0267. The number of non-ortho nitro benzene ring substituents is 1. The molecular formula is C13H8N4O3S2. The molecule has 0 radical (unpaired) electrons. The Morgan fingerprint density at radius 1 is 1.45 bits per heavy atom. The lowest BCUT2D eigenvalue weighted by atomic mass is 10.0. The van der Waals surface area contributed by atoms with Crippen LogP contribution in [-0.4, -0.2) is 26.9 Å². The van der Waals surface area contributed by atoms with Crippen LogP contribution in [0.5, 0.6) is 5.88 Å². The third kappa shape index (κ3) is 2.71. The van der Waals surface area contributed by atoms with Gasteiger partial charge >= 0.3 is 0 Å². The molecule has 0 spiro atoms. The molecule has 0 atom stereocenters. The van der Waals surface area contributed by atoms with Gasteiger partial charge in [0.15, 0.2) is 3.95 Å². The van der Waals surface area contributed by atoms with Crippen LogP contribution in [0.1, 0.15) is 10.4 Å². The summed E-state index contributed by atoms with van der Waals surface area (Å²) < 4.78 is 0.452. The van der Waals surface area contributed by atoms with Gasteiger partial charge in [-0.15, -0.1) is 16.4 Å². The van der Waals surface area contributed by atoms with Gasteiger partial charge in [-0.25, -0.2) is 0 Å². The number of rotatable bonds is 3. The Hall–Kier alpha value is -2.65. The first-order chi connectivity index (χ1) is 10.5. The standard InChI is InChI=1S/C13H8N4O3S2/c18-12-10(22-13(21)15-12)5-8-6-14-16-11(8)7-2-1-3-9(4-7)17(19)20/h1-6,18H,(H,15,21)/b8-5+. The van der Waals surface area contributed by atoms with E-state index in [2.05, 4.69) is 15.2 Å². The second-order valence-electron chi connectivity index (χ2n) is 4.33. The van der Waals surface area contributed by atoms with E-state index >= 15 is 0 Å². The minimum absolute atomic E-state index is 0.0217. The number of H-pyrrole nitrogens is 1. The van der Waals surface area contributed by atoms with Gasteiger partial charge in [0.2, 0.25) is 5.88 Å². The second kappa shape index (κ2) is 5.62. The van der Waals surface area contributed by atoms with Crippen molar-refractivity contribution in [1.82, 2.24) is 4.98 Å². The summed E-state index contributed by atoms with van der Waals surface area (Å²) in [4.78, 5) is 13.6. The number of aromatic hydroxyl groups is 1. The van der Waals surface area contributed by atoms with Crippen LogP contribution in [0.2, 0.25) is 0 Å². The summed E-state index contributed by atoms with van der Waals surface area (Å²) in [5.41, 5.74) is 1.70. The fourth-order valence-electron chi connectivity index (χ4n) is 1.94. The monoisotopic (exact) mass is 332 g/mol. The molecule has 2 N–H and O–H groups in total. The molecule has 22 heavy (non-hydrogen) atoms. The predicted molar refractivity (Wildman–Crippen MR) is 87.3 cm³/mol. The first-order valence-electron chi connectivity index (χ1n) is 6.04. The molecule has 1 aliphatic heterocycles. The Balaban J connectivity index is 2.01.